The third-order valence-corrected chi connectivity index (χ3v) is 5.70. The number of nitrogens with one attached hydrogen (secondary N) is 2. The Balaban J connectivity index is 1.58. The van der Waals surface area contributed by atoms with Gasteiger partial charge in [-0.15, -0.1) is 11.3 Å². The molecule has 2 aromatic heterocycles. The number of hydrogen-bond acceptors (Lipinski definition) is 4. The Bertz CT molecular complexity index is 995. The fraction of sp³-hybridized carbons (Fsp3) is 0.200. The van der Waals surface area contributed by atoms with Crippen LogP contribution >= 0.6 is 11.3 Å². The van der Waals surface area contributed by atoms with Crippen LogP contribution in [0.1, 0.15) is 43.3 Å². The van der Waals surface area contributed by atoms with Crippen molar-refractivity contribution in [2.24, 2.45) is 0 Å². The standard InChI is InChI=1S/C20H17FN2O3S/c21-15-8-2-1-6-13(15)18(24)23-20-17(14-7-3-9-16(14)27-20)19(25)22-11-12-5-4-10-26-12/h1-2,4-6,8,10H,3,7,9,11H2,(H,22,25)(H,23,24). The zero-order chi connectivity index (χ0) is 18.8. The van der Waals surface area contributed by atoms with Gasteiger partial charge in [-0.05, 0) is 49.1 Å². The number of aryl methyl sites for hydroxylation is 1. The molecule has 2 N–H and O–H groups in total. The molecular weight excluding hydrogens is 367 g/mol. The normalized spacial score (nSPS) is 12.6. The Hall–Kier alpha value is -2.93. The predicted molar refractivity (Wildman–Crippen MR) is 101 cm³/mol. The van der Waals surface area contributed by atoms with Gasteiger partial charge in [0.25, 0.3) is 11.8 Å². The van der Waals surface area contributed by atoms with Crippen molar-refractivity contribution in [2.75, 3.05) is 5.32 Å². The average molecular weight is 384 g/mol. The molecule has 0 spiro atoms. The molecule has 27 heavy (non-hydrogen) atoms. The second-order valence-corrected chi connectivity index (χ2v) is 7.36. The van der Waals surface area contributed by atoms with Gasteiger partial charge in [-0.1, -0.05) is 12.1 Å². The van der Waals surface area contributed by atoms with E-state index in [0.29, 0.717) is 16.3 Å². The van der Waals surface area contributed by atoms with Crippen molar-refractivity contribution in [1.29, 1.82) is 0 Å². The zero-order valence-corrected chi connectivity index (χ0v) is 15.2. The molecule has 0 radical (unpaired) electrons. The van der Waals surface area contributed by atoms with E-state index in [1.807, 2.05) is 0 Å². The monoisotopic (exact) mass is 384 g/mol. The number of fused-ring (bicyclic) bond motifs is 1. The largest absolute Gasteiger partial charge is 0.467 e. The molecule has 138 valence electrons. The number of rotatable bonds is 5. The Morgan fingerprint density at radius 3 is 2.74 bits per heavy atom. The zero-order valence-electron chi connectivity index (χ0n) is 14.4. The summed E-state index contributed by atoms with van der Waals surface area (Å²) in [6, 6.07) is 9.31. The Labute approximate surface area is 159 Å². The number of halogens is 1. The first-order valence-corrected chi connectivity index (χ1v) is 9.46. The lowest BCUT2D eigenvalue weighted by Crippen LogP contribution is -2.25. The van der Waals surface area contributed by atoms with Crippen LogP contribution in [0.4, 0.5) is 9.39 Å². The van der Waals surface area contributed by atoms with Gasteiger partial charge in [0.05, 0.1) is 23.9 Å². The molecule has 0 saturated carbocycles. The number of furan rings is 1. The number of carbonyl (C=O) groups is 2. The van der Waals surface area contributed by atoms with Gasteiger partial charge in [-0.3, -0.25) is 9.59 Å². The highest BCUT2D eigenvalue weighted by Crippen LogP contribution is 2.39. The van der Waals surface area contributed by atoms with E-state index < -0.39 is 11.7 Å². The van der Waals surface area contributed by atoms with E-state index in [-0.39, 0.29) is 18.0 Å². The quantitative estimate of drug-likeness (QED) is 0.694. The van der Waals surface area contributed by atoms with Crippen LogP contribution in [0.25, 0.3) is 0 Å². The van der Waals surface area contributed by atoms with Gasteiger partial charge >= 0.3 is 0 Å². The molecule has 1 aromatic carbocycles. The highest BCUT2D eigenvalue weighted by atomic mass is 32.1. The molecule has 4 rings (SSSR count). The second-order valence-electron chi connectivity index (χ2n) is 6.26. The third-order valence-electron chi connectivity index (χ3n) is 4.50. The summed E-state index contributed by atoms with van der Waals surface area (Å²) in [5.41, 5.74) is 1.40. The van der Waals surface area contributed by atoms with Crippen molar-refractivity contribution in [2.45, 2.75) is 25.8 Å². The van der Waals surface area contributed by atoms with Crippen molar-refractivity contribution < 1.29 is 18.4 Å². The van der Waals surface area contributed by atoms with Crippen molar-refractivity contribution >= 4 is 28.2 Å². The van der Waals surface area contributed by atoms with E-state index in [0.717, 1.165) is 29.7 Å². The van der Waals surface area contributed by atoms with Crippen LogP contribution in [-0.2, 0) is 19.4 Å². The topological polar surface area (TPSA) is 71.3 Å². The lowest BCUT2D eigenvalue weighted by Gasteiger charge is -2.09. The van der Waals surface area contributed by atoms with Crippen LogP contribution in [0.3, 0.4) is 0 Å². The van der Waals surface area contributed by atoms with Gasteiger partial charge in [-0.25, -0.2) is 4.39 Å². The van der Waals surface area contributed by atoms with E-state index >= 15 is 0 Å². The summed E-state index contributed by atoms with van der Waals surface area (Å²) in [6.45, 7) is 0.261. The Morgan fingerprint density at radius 2 is 1.96 bits per heavy atom. The predicted octanol–water partition coefficient (Wildman–Crippen LogP) is 4.15. The molecule has 0 saturated heterocycles. The molecule has 0 aliphatic heterocycles. The summed E-state index contributed by atoms with van der Waals surface area (Å²) in [5.74, 6) is -0.780. The number of amides is 2. The highest BCUT2D eigenvalue weighted by Gasteiger charge is 2.28. The Morgan fingerprint density at radius 1 is 1.11 bits per heavy atom. The van der Waals surface area contributed by atoms with Crippen LogP contribution in [0, 0.1) is 5.82 Å². The summed E-state index contributed by atoms with van der Waals surface area (Å²) < 4.78 is 19.1. The second kappa shape index (κ2) is 7.36. The first kappa shape index (κ1) is 17.5. The molecule has 3 aromatic rings. The molecule has 2 heterocycles. The number of carbonyl (C=O) groups excluding carboxylic acids is 2. The summed E-state index contributed by atoms with van der Waals surface area (Å²) in [5, 5.41) is 6.02. The van der Waals surface area contributed by atoms with E-state index in [4.69, 9.17) is 4.42 Å². The van der Waals surface area contributed by atoms with Gasteiger partial charge in [0.2, 0.25) is 0 Å². The lowest BCUT2D eigenvalue weighted by molar-refractivity contribution is 0.0948. The summed E-state index contributed by atoms with van der Waals surface area (Å²) >= 11 is 1.39. The van der Waals surface area contributed by atoms with E-state index in [1.54, 1.807) is 24.5 Å². The summed E-state index contributed by atoms with van der Waals surface area (Å²) in [4.78, 5) is 26.4. The first-order valence-electron chi connectivity index (χ1n) is 8.64. The van der Waals surface area contributed by atoms with Crippen LogP contribution in [-0.4, -0.2) is 11.8 Å². The number of thiophene rings is 1. The fourth-order valence-electron chi connectivity index (χ4n) is 3.22. The molecule has 0 fully saturated rings. The average Bonchev–Trinajstić information content (AvgIpc) is 3.37. The van der Waals surface area contributed by atoms with Crippen LogP contribution in [0.15, 0.2) is 47.1 Å². The van der Waals surface area contributed by atoms with E-state index in [1.165, 1.54) is 29.5 Å². The van der Waals surface area contributed by atoms with Crippen molar-refractivity contribution in [3.63, 3.8) is 0 Å². The fourth-order valence-corrected chi connectivity index (χ4v) is 4.50. The number of hydrogen-bond donors (Lipinski definition) is 2. The van der Waals surface area contributed by atoms with Gasteiger partial charge in [0.1, 0.15) is 16.6 Å². The summed E-state index contributed by atoms with van der Waals surface area (Å²) in [6.07, 6.45) is 4.21. The molecular formula is C20H17FN2O3S. The molecule has 2 amide bonds. The molecule has 7 heteroatoms. The van der Waals surface area contributed by atoms with Crippen molar-refractivity contribution in [3.8, 4) is 0 Å². The van der Waals surface area contributed by atoms with Gasteiger partial charge < -0.3 is 15.1 Å². The summed E-state index contributed by atoms with van der Waals surface area (Å²) in [7, 11) is 0. The Kier molecular flexibility index (Phi) is 4.77. The van der Waals surface area contributed by atoms with Gasteiger partial charge in [0, 0.05) is 4.88 Å². The number of benzene rings is 1. The molecule has 0 unspecified atom stereocenters. The minimum atomic E-state index is -0.595. The number of anilines is 1. The molecule has 0 atom stereocenters. The van der Waals surface area contributed by atoms with E-state index in [9.17, 15) is 14.0 Å². The minimum Gasteiger partial charge on any atom is -0.467 e. The SMILES string of the molecule is O=C(Nc1sc2c(c1C(=O)NCc1ccco1)CCC2)c1ccccc1F. The van der Waals surface area contributed by atoms with Crippen molar-refractivity contribution in [3.05, 3.63) is 75.8 Å². The van der Waals surface area contributed by atoms with Crippen molar-refractivity contribution in [1.82, 2.24) is 5.32 Å². The van der Waals surface area contributed by atoms with Crippen LogP contribution < -0.4 is 10.6 Å². The smallest absolute Gasteiger partial charge is 0.259 e. The van der Waals surface area contributed by atoms with Gasteiger partial charge in [0.15, 0.2) is 0 Å². The molecule has 1 aliphatic rings. The van der Waals surface area contributed by atoms with Crippen LogP contribution in [0.5, 0.6) is 0 Å². The van der Waals surface area contributed by atoms with E-state index in [2.05, 4.69) is 10.6 Å². The molecule has 1 aliphatic carbocycles. The molecule has 0 bridgehead atoms. The third kappa shape index (κ3) is 3.50. The minimum absolute atomic E-state index is 0.0481. The maximum Gasteiger partial charge on any atom is 0.259 e. The first-order chi connectivity index (χ1) is 13.1. The highest BCUT2D eigenvalue weighted by molar-refractivity contribution is 7.17. The maximum absolute atomic E-state index is 13.9. The van der Waals surface area contributed by atoms with Gasteiger partial charge in [-0.2, -0.15) is 0 Å². The van der Waals surface area contributed by atoms with Crippen LogP contribution in [0.2, 0.25) is 0 Å². The molecule has 5 nitrogen and oxygen atoms in total. The maximum atomic E-state index is 13.9. The lowest BCUT2D eigenvalue weighted by atomic mass is 10.1.